The van der Waals surface area contributed by atoms with Gasteiger partial charge in [0.1, 0.15) is 0 Å². The molecule has 22 nitrogen and oxygen atoms in total. The van der Waals surface area contributed by atoms with Gasteiger partial charge in [-0.1, -0.05) is 30.9 Å². The molecule has 310 valence electrons. The Morgan fingerprint density at radius 1 is 0.695 bits per heavy atom. The molecule has 6 heterocycles. The highest BCUT2D eigenvalue weighted by molar-refractivity contribution is 5.84. The van der Waals surface area contributed by atoms with Crippen LogP contribution < -0.4 is 33.6 Å². The molecule has 0 radical (unpaired) electrons. The number of aromatic amines is 2. The van der Waals surface area contributed by atoms with E-state index in [1.54, 1.807) is 17.2 Å². The number of aliphatic hydroxyl groups excluding tert-OH is 4. The van der Waals surface area contributed by atoms with Gasteiger partial charge in [0.15, 0.2) is 39.3 Å². The molecular weight excluding hydrogens is 765 g/mol. The van der Waals surface area contributed by atoms with Crippen LogP contribution in [0, 0.1) is 17.8 Å². The van der Waals surface area contributed by atoms with Crippen molar-refractivity contribution in [2.45, 2.75) is 62.4 Å². The van der Waals surface area contributed by atoms with Gasteiger partial charge in [0.25, 0.3) is 11.1 Å². The third-order valence-corrected chi connectivity index (χ3v) is 11.1. The number of allylic oxidation sites excluding steroid dienone is 2. The number of hydrogen-bond acceptors (Lipinski definition) is 17. The zero-order valence-corrected chi connectivity index (χ0v) is 31.8. The summed E-state index contributed by atoms with van der Waals surface area (Å²) in [5, 5.41) is 41.0. The van der Waals surface area contributed by atoms with Crippen LogP contribution in [-0.4, -0.2) is 111 Å². The molecule has 22 heteroatoms. The van der Waals surface area contributed by atoms with Crippen molar-refractivity contribution in [3.63, 3.8) is 0 Å². The first kappa shape index (κ1) is 39.3. The molecule has 0 aromatic carbocycles. The van der Waals surface area contributed by atoms with E-state index in [0.29, 0.717) is 29.3 Å². The van der Waals surface area contributed by atoms with Crippen molar-refractivity contribution in [3.05, 3.63) is 76.1 Å². The van der Waals surface area contributed by atoms with Crippen molar-refractivity contribution in [1.82, 2.24) is 58.6 Å². The summed E-state index contributed by atoms with van der Waals surface area (Å²) in [6.07, 6.45) is 16.6. The molecule has 6 aromatic rings. The summed E-state index contributed by atoms with van der Waals surface area (Å²) >= 11 is 0. The maximum atomic E-state index is 11.7. The van der Waals surface area contributed by atoms with Crippen LogP contribution in [0.1, 0.15) is 50.2 Å². The Kier molecular flexibility index (Phi) is 10.7. The molecule has 0 saturated heterocycles. The minimum Gasteiger partial charge on any atom is -0.396 e. The maximum Gasteiger partial charge on any atom is 0.280 e. The van der Waals surface area contributed by atoms with Gasteiger partial charge < -0.3 is 56.6 Å². The van der Waals surface area contributed by atoms with Crippen LogP contribution in [0.25, 0.3) is 33.5 Å². The van der Waals surface area contributed by atoms with Gasteiger partial charge >= 0.3 is 0 Å². The van der Waals surface area contributed by atoms with Crippen molar-refractivity contribution in [2.24, 2.45) is 17.8 Å². The normalized spacial score (nSPS) is 24.8. The monoisotopic (exact) mass is 810 g/mol. The Balaban J connectivity index is 0.000000123. The van der Waals surface area contributed by atoms with Gasteiger partial charge in [0, 0.05) is 37.0 Å². The van der Waals surface area contributed by atoms with Crippen molar-refractivity contribution in [3.8, 4) is 0 Å². The number of aliphatic hydroxyl groups is 4. The predicted molar refractivity (Wildman–Crippen MR) is 218 cm³/mol. The number of fused-ring (bicyclic) bond motifs is 3. The first-order valence-electron chi connectivity index (χ1n) is 19.2. The van der Waals surface area contributed by atoms with E-state index in [4.69, 9.17) is 22.3 Å². The highest BCUT2D eigenvalue weighted by atomic mass is 16.3. The average molecular weight is 811 g/mol. The highest BCUT2D eigenvalue weighted by Crippen LogP contribution is 2.40. The maximum absolute atomic E-state index is 11.7. The van der Waals surface area contributed by atoms with E-state index in [1.807, 2.05) is 27.4 Å². The van der Waals surface area contributed by atoms with Crippen molar-refractivity contribution in [1.29, 1.82) is 0 Å². The molecule has 2 saturated carbocycles. The van der Waals surface area contributed by atoms with E-state index in [2.05, 4.69) is 62.8 Å². The molecule has 10 rings (SSSR count). The number of anilines is 4. The zero-order valence-electron chi connectivity index (χ0n) is 31.8. The summed E-state index contributed by atoms with van der Waals surface area (Å²) in [6.45, 7) is 4.06. The summed E-state index contributed by atoms with van der Waals surface area (Å²) < 4.78 is 5.49. The molecule has 0 spiro atoms. The Hall–Kier alpha value is -6.49. The van der Waals surface area contributed by atoms with Crippen molar-refractivity contribution in [2.75, 3.05) is 42.3 Å². The van der Waals surface area contributed by atoms with Crippen LogP contribution in [0.5, 0.6) is 0 Å². The summed E-state index contributed by atoms with van der Waals surface area (Å²) in [6, 6.07) is 0.440. The van der Waals surface area contributed by atoms with E-state index in [0.717, 1.165) is 42.7 Å². The lowest BCUT2D eigenvalue weighted by molar-refractivity contribution is 0.101. The lowest BCUT2D eigenvalue weighted by Gasteiger charge is -2.15. The average Bonchev–Trinajstić information content (AvgIpc) is 3.84. The molecule has 13 N–H and O–H groups in total. The van der Waals surface area contributed by atoms with Gasteiger partial charge in [-0.25, -0.2) is 15.0 Å². The topological polar surface area (TPSA) is 342 Å². The second-order valence-corrected chi connectivity index (χ2v) is 15.2. The van der Waals surface area contributed by atoms with Gasteiger partial charge in [-0.15, -0.1) is 0 Å². The second kappa shape index (κ2) is 16.0. The number of aromatic nitrogens is 12. The largest absolute Gasteiger partial charge is 0.396 e. The van der Waals surface area contributed by atoms with Crippen LogP contribution >= 0.6 is 0 Å². The molecule has 2 fully saturated rings. The molecule has 0 bridgehead atoms. The Bertz CT molecular complexity index is 2690. The second-order valence-electron chi connectivity index (χ2n) is 15.2. The number of nitrogens with zero attached hydrogens (tertiary/aromatic N) is 10. The summed E-state index contributed by atoms with van der Waals surface area (Å²) in [5.74, 6) is 1.04. The Labute approximate surface area is 334 Å². The van der Waals surface area contributed by atoms with E-state index < -0.39 is 11.7 Å². The SMILES string of the molecule is C=C1[C@H](CO)[C@@H](O)C[C@@H]1n1cnc2c(=O)[nH]c(N)nc21.Nc1nc(NC2CC2)c2ncn([C@H]3C=C[C@@H](CO)C3)c2n1.Nc1nc2c(ncn2[C@H]2C=C[C@@H](CO)C2)c(=O)[nH]1. The first-order chi connectivity index (χ1) is 28.5. The Morgan fingerprint density at radius 2 is 1.20 bits per heavy atom. The molecule has 4 aliphatic rings. The van der Waals surface area contributed by atoms with Gasteiger partial charge in [0.05, 0.1) is 49.8 Å². The summed E-state index contributed by atoms with van der Waals surface area (Å²) in [5.41, 5.74) is 19.7. The quantitative estimate of drug-likeness (QED) is 0.0910. The molecule has 6 aromatic heterocycles. The number of imidazole rings is 3. The zero-order chi connectivity index (χ0) is 41.5. The van der Waals surface area contributed by atoms with E-state index in [-0.39, 0.29) is 90.1 Å². The summed E-state index contributed by atoms with van der Waals surface area (Å²) in [7, 11) is 0. The van der Waals surface area contributed by atoms with Gasteiger partial charge in [-0.2, -0.15) is 19.9 Å². The molecule has 0 aliphatic heterocycles. The minimum absolute atomic E-state index is 0.00659. The highest BCUT2D eigenvalue weighted by Gasteiger charge is 2.38. The van der Waals surface area contributed by atoms with Gasteiger partial charge in [-0.3, -0.25) is 19.6 Å². The fourth-order valence-electron chi connectivity index (χ4n) is 7.81. The molecule has 59 heavy (non-hydrogen) atoms. The number of H-pyrrole nitrogens is 2. The predicted octanol–water partition coefficient (Wildman–Crippen LogP) is 0.0758. The molecular formula is C37H46N16O6. The van der Waals surface area contributed by atoms with Crippen molar-refractivity contribution >= 4 is 57.2 Å². The van der Waals surface area contributed by atoms with Crippen LogP contribution in [0.2, 0.25) is 0 Å². The molecule has 0 amide bonds. The van der Waals surface area contributed by atoms with Crippen LogP contribution in [-0.2, 0) is 0 Å². The third kappa shape index (κ3) is 7.77. The van der Waals surface area contributed by atoms with Crippen LogP contribution in [0.3, 0.4) is 0 Å². The molecule has 7 atom stereocenters. The number of nitrogens with one attached hydrogen (secondary N) is 3. The van der Waals surface area contributed by atoms with E-state index in [1.165, 1.54) is 6.33 Å². The third-order valence-electron chi connectivity index (χ3n) is 11.1. The fourth-order valence-corrected chi connectivity index (χ4v) is 7.81. The smallest absolute Gasteiger partial charge is 0.280 e. The minimum atomic E-state index is -0.672. The molecule has 4 aliphatic carbocycles. The van der Waals surface area contributed by atoms with E-state index in [9.17, 15) is 24.9 Å². The first-order valence-corrected chi connectivity index (χ1v) is 19.2. The van der Waals surface area contributed by atoms with Crippen molar-refractivity contribution < 1.29 is 20.4 Å². The van der Waals surface area contributed by atoms with Crippen LogP contribution in [0.15, 0.2) is 65.0 Å². The van der Waals surface area contributed by atoms with Gasteiger partial charge in [-0.05, 0) is 37.7 Å². The standard InChI is InChI=1S/C14H18N6O.C12H15N5O3.C11H13N5O2/c15-14-18-12(17-9-2-3-9)11-13(19-14)20(7-16-11)10-4-1-8(5-10)6-21;1-5-6(3-18)8(19)2-7(5)17-4-14-9-10(17)15-12(13)16-11(9)20;12-11-14-9-8(10(18)15-11)13-5-16(9)7-2-1-6(3-7)4-17/h1,4,7-10,21H,2-3,5-6H2,(H3,15,17,18,19);4,6-8,18-19H,1-3H2,(H3,13,15,16,20);1-2,5-7,17H,3-4H2,(H3,12,14,15,18)/t8-,10+;6-,7-,8-;6-,7+/m101/s1. The molecule has 0 unspecified atom stereocenters. The number of rotatable bonds is 8. The number of hydrogen-bond donors (Lipinski definition) is 10. The lowest BCUT2D eigenvalue weighted by atomic mass is 10.0. The number of nitrogens with two attached hydrogens (primary N) is 3. The van der Waals surface area contributed by atoms with E-state index >= 15 is 0 Å². The Morgan fingerprint density at radius 3 is 1.69 bits per heavy atom. The van der Waals surface area contributed by atoms with Gasteiger partial charge in [0.2, 0.25) is 17.8 Å². The lowest BCUT2D eigenvalue weighted by Crippen LogP contribution is -2.17. The fraction of sp³-hybridized carbons (Fsp3) is 0.432. The number of nitrogen functional groups attached to an aromatic ring is 3. The summed E-state index contributed by atoms with van der Waals surface area (Å²) in [4.78, 5) is 57.5. The van der Waals surface area contributed by atoms with Crippen LogP contribution in [0.4, 0.5) is 23.7 Å².